The van der Waals surface area contributed by atoms with Crippen LogP contribution in [0.3, 0.4) is 0 Å². The average molecular weight is 515 g/mol. The number of aromatic carboxylic acids is 1. The van der Waals surface area contributed by atoms with Crippen LogP contribution in [0.1, 0.15) is 46.0 Å². The van der Waals surface area contributed by atoms with E-state index in [9.17, 15) is 9.90 Å². The smallest absolute Gasteiger partial charge is 0.337 e. The van der Waals surface area contributed by atoms with Crippen molar-refractivity contribution in [1.29, 1.82) is 0 Å². The first-order valence-electron chi connectivity index (χ1n) is 13.4. The number of rotatable bonds is 8. The third-order valence-electron chi connectivity index (χ3n) is 8.08. The largest absolute Gasteiger partial charge is 0.496 e. The van der Waals surface area contributed by atoms with Crippen molar-refractivity contribution in [3.8, 4) is 17.0 Å². The van der Waals surface area contributed by atoms with Crippen LogP contribution in [0.4, 0.5) is 5.69 Å². The molecule has 38 heavy (non-hydrogen) atoms. The van der Waals surface area contributed by atoms with Gasteiger partial charge in [0.2, 0.25) is 0 Å². The molecule has 1 N–H and O–H groups in total. The van der Waals surface area contributed by atoms with E-state index >= 15 is 0 Å². The highest BCUT2D eigenvalue weighted by Crippen LogP contribution is 2.45. The fourth-order valence-corrected chi connectivity index (χ4v) is 5.78. The molecule has 198 valence electrons. The number of nitrogens with zero attached hydrogens (tertiary/aromatic N) is 4. The summed E-state index contributed by atoms with van der Waals surface area (Å²) in [4.78, 5) is 16.5. The molecule has 1 aliphatic carbocycles. The quantitative estimate of drug-likeness (QED) is 0.351. The Balaban J connectivity index is 1.16. The first kappa shape index (κ1) is 24.6. The second kappa shape index (κ2) is 9.83. The molecule has 2 aromatic carbocycles. The molecule has 6 rings (SSSR count). The lowest BCUT2D eigenvalue weighted by Crippen LogP contribution is -2.47. The summed E-state index contributed by atoms with van der Waals surface area (Å²) in [5.41, 5.74) is 6.76. The van der Waals surface area contributed by atoms with Crippen LogP contribution in [0.5, 0.6) is 5.75 Å². The Morgan fingerprint density at radius 2 is 1.95 bits per heavy atom. The second-order valence-corrected chi connectivity index (χ2v) is 10.5. The highest BCUT2D eigenvalue weighted by Gasteiger charge is 2.33. The molecule has 0 unspecified atom stereocenters. The topological polar surface area (TPSA) is 84.0 Å². The lowest BCUT2D eigenvalue weighted by atomic mass is 9.97. The minimum atomic E-state index is -0.890. The number of aromatic nitrogens is 2. The van der Waals surface area contributed by atoms with Crippen molar-refractivity contribution in [1.82, 2.24) is 14.6 Å². The predicted molar refractivity (Wildman–Crippen MR) is 147 cm³/mol. The maximum atomic E-state index is 11.6. The van der Waals surface area contributed by atoms with Gasteiger partial charge in [-0.3, -0.25) is 4.90 Å². The zero-order chi connectivity index (χ0) is 26.4. The number of carboxylic acids is 1. The number of aryl methyl sites for hydroxylation is 2. The number of carbonyl (C=O) groups is 1. The van der Waals surface area contributed by atoms with E-state index in [4.69, 9.17) is 9.26 Å². The number of carboxylic acid groups (broad SMARTS) is 1. The molecule has 0 amide bonds. The standard InChI is InChI=1S/C30H34N4O4/c1-19-5-4-6-26(37-3)27(19)28-23(29(38-31-28)20-7-8-20)11-12-33-13-15-34(16-14-33)21-9-10-22-24(30(35)36)18-32(2)25(22)17-21/h4-6,9-10,17-18,20H,7-8,11-16H2,1-3H3,(H,35,36). The zero-order valence-electron chi connectivity index (χ0n) is 22.2. The summed E-state index contributed by atoms with van der Waals surface area (Å²) in [6.45, 7) is 6.85. The first-order chi connectivity index (χ1) is 18.4. The van der Waals surface area contributed by atoms with Gasteiger partial charge in [0.1, 0.15) is 17.2 Å². The van der Waals surface area contributed by atoms with E-state index in [1.165, 1.54) is 18.4 Å². The third kappa shape index (κ3) is 4.43. The second-order valence-electron chi connectivity index (χ2n) is 10.5. The van der Waals surface area contributed by atoms with Crippen molar-refractivity contribution in [2.24, 2.45) is 7.05 Å². The molecule has 2 aromatic heterocycles. The van der Waals surface area contributed by atoms with Crippen LogP contribution < -0.4 is 9.64 Å². The van der Waals surface area contributed by atoms with Gasteiger partial charge in [-0.05, 0) is 56.0 Å². The van der Waals surface area contributed by atoms with E-state index in [1.807, 2.05) is 35.9 Å². The number of ether oxygens (including phenoxy) is 1. The summed E-state index contributed by atoms with van der Waals surface area (Å²) < 4.78 is 13.5. The first-order valence-corrected chi connectivity index (χ1v) is 13.4. The molecule has 0 spiro atoms. The van der Waals surface area contributed by atoms with E-state index in [0.717, 1.165) is 84.1 Å². The fraction of sp³-hybridized carbons (Fsp3) is 0.400. The predicted octanol–water partition coefficient (Wildman–Crippen LogP) is 5.09. The van der Waals surface area contributed by atoms with Crippen molar-refractivity contribution in [3.63, 3.8) is 0 Å². The van der Waals surface area contributed by atoms with Gasteiger partial charge in [0, 0.05) is 74.1 Å². The Hall–Kier alpha value is -3.78. The van der Waals surface area contributed by atoms with Gasteiger partial charge >= 0.3 is 5.97 Å². The molecule has 8 heteroatoms. The summed E-state index contributed by atoms with van der Waals surface area (Å²) in [5, 5.41) is 14.8. The van der Waals surface area contributed by atoms with Crippen LogP contribution in [0, 0.1) is 6.92 Å². The minimum Gasteiger partial charge on any atom is -0.496 e. The Kier molecular flexibility index (Phi) is 6.35. The maximum absolute atomic E-state index is 11.6. The van der Waals surface area contributed by atoms with E-state index in [1.54, 1.807) is 13.3 Å². The molecular weight excluding hydrogens is 480 g/mol. The zero-order valence-corrected chi connectivity index (χ0v) is 22.2. The molecular formula is C30H34N4O4. The lowest BCUT2D eigenvalue weighted by molar-refractivity contribution is 0.0699. The summed E-state index contributed by atoms with van der Waals surface area (Å²) >= 11 is 0. The van der Waals surface area contributed by atoms with Gasteiger partial charge in [-0.1, -0.05) is 17.3 Å². The van der Waals surface area contributed by atoms with Gasteiger partial charge in [0.05, 0.1) is 18.2 Å². The maximum Gasteiger partial charge on any atom is 0.337 e. The minimum absolute atomic E-state index is 0.348. The molecule has 0 bridgehead atoms. The van der Waals surface area contributed by atoms with Crippen LogP contribution in [-0.2, 0) is 13.5 Å². The fourth-order valence-electron chi connectivity index (χ4n) is 5.78. The van der Waals surface area contributed by atoms with Crippen molar-refractivity contribution >= 4 is 22.6 Å². The van der Waals surface area contributed by atoms with Crippen LogP contribution in [0.15, 0.2) is 47.1 Å². The monoisotopic (exact) mass is 514 g/mol. The number of benzene rings is 2. The van der Waals surface area contributed by atoms with E-state index in [-0.39, 0.29) is 0 Å². The van der Waals surface area contributed by atoms with Crippen LogP contribution in [0.2, 0.25) is 0 Å². The third-order valence-corrected chi connectivity index (χ3v) is 8.08. The molecule has 2 aliphatic rings. The molecule has 3 heterocycles. The number of hydrogen-bond acceptors (Lipinski definition) is 6. The highest BCUT2D eigenvalue weighted by molar-refractivity contribution is 6.04. The van der Waals surface area contributed by atoms with Crippen LogP contribution >= 0.6 is 0 Å². The SMILES string of the molecule is COc1cccc(C)c1-c1noc(C2CC2)c1CCN1CCN(c2ccc3c(C(=O)O)cn(C)c3c2)CC1. The Morgan fingerprint density at radius 1 is 1.16 bits per heavy atom. The number of piperazine rings is 1. The normalized spacial score (nSPS) is 16.3. The van der Waals surface area contributed by atoms with E-state index < -0.39 is 5.97 Å². The van der Waals surface area contributed by atoms with Gasteiger partial charge in [-0.25, -0.2) is 4.79 Å². The molecule has 4 aromatic rings. The molecule has 0 radical (unpaired) electrons. The molecule has 8 nitrogen and oxygen atoms in total. The van der Waals surface area contributed by atoms with Crippen LogP contribution in [0.25, 0.3) is 22.2 Å². The molecule has 2 fully saturated rings. The average Bonchev–Trinajstić information content (AvgIpc) is 3.60. The van der Waals surface area contributed by atoms with Crippen molar-refractivity contribution in [2.45, 2.75) is 32.1 Å². The van der Waals surface area contributed by atoms with E-state index in [2.05, 4.69) is 34.0 Å². The molecule has 1 saturated heterocycles. The molecule has 1 aliphatic heterocycles. The lowest BCUT2D eigenvalue weighted by Gasteiger charge is -2.36. The Labute approximate surface area is 222 Å². The number of hydrogen-bond donors (Lipinski definition) is 1. The number of fused-ring (bicyclic) bond motifs is 1. The van der Waals surface area contributed by atoms with Gasteiger partial charge in [-0.15, -0.1) is 0 Å². The van der Waals surface area contributed by atoms with Crippen molar-refractivity contribution in [2.75, 3.05) is 44.7 Å². The van der Waals surface area contributed by atoms with Gasteiger partial charge in [0.25, 0.3) is 0 Å². The number of methoxy groups -OCH3 is 1. The van der Waals surface area contributed by atoms with Crippen molar-refractivity contribution in [3.05, 3.63) is 65.0 Å². The van der Waals surface area contributed by atoms with Crippen molar-refractivity contribution < 1.29 is 19.2 Å². The summed E-state index contributed by atoms with van der Waals surface area (Å²) in [7, 11) is 3.61. The Morgan fingerprint density at radius 3 is 2.66 bits per heavy atom. The summed E-state index contributed by atoms with van der Waals surface area (Å²) in [6.07, 6.45) is 4.93. The Bertz CT molecular complexity index is 1490. The van der Waals surface area contributed by atoms with Crippen LogP contribution in [-0.4, -0.2) is 65.5 Å². The van der Waals surface area contributed by atoms with E-state index in [0.29, 0.717) is 11.5 Å². The van der Waals surface area contributed by atoms with Gasteiger partial charge < -0.3 is 23.8 Å². The van der Waals surface area contributed by atoms with Gasteiger partial charge in [0.15, 0.2) is 0 Å². The van der Waals surface area contributed by atoms with Gasteiger partial charge in [-0.2, -0.15) is 0 Å². The molecule has 0 atom stereocenters. The highest BCUT2D eigenvalue weighted by atomic mass is 16.5. The summed E-state index contributed by atoms with van der Waals surface area (Å²) in [5.74, 6) is 1.49. The summed E-state index contributed by atoms with van der Waals surface area (Å²) in [6, 6.07) is 12.2. The number of anilines is 1. The molecule has 1 saturated carbocycles.